The summed E-state index contributed by atoms with van der Waals surface area (Å²) in [6.07, 6.45) is 5.84. The van der Waals surface area contributed by atoms with E-state index in [1.807, 2.05) is 6.07 Å². The smallest absolute Gasteiger partial charge is 0.258 e. The minimum absolute atomic E-state index is 0.0727. The van der Waals surface area contributed by atoms with Crippen LogP contribution in [0.2, 0.25) is 0 Å². The largest absolute Gasteiger partial charge is 0.489 e. The second-order valence-electron chi connectivity index (χ2n) is 8.23. The van der Waals surface area contributed by atoms with Crippen molar-refractivity contribution in [3.63, 3.8) is 0 Å². The monoisotopic (exact) mass is 428 g/mol. The molecule has 1 aromatic heterocycles. The van der Waals surface area contributed by atoms with Crippen LogP contribution in [0.5, 0.6) is 5.75 Å². The summed E-state index contributed by atoms with van der Waals surface area (Å²) in [7, 11) is -1.86. The zero-order valence-electron chi connectivity index (χ0n) is 16.6. The molecule has 1 atom stereocenters. The lowest BCUT2D eigenvalue weighted by Crippen LogP contribution is -2.17. The van der Waals surface area contributed by atoms with Crippen LogP contribution < -0.4 is 15.0 Å². The van der Waals surface area contributed by atoms with Crippen molar-refractivity contribution < 1.29 is 17.5 Å². The van der Waals surface area contributed by atoms with Crippen molar-refractivity contribution >= 4 is 26.5 Å². The van der Waals surface area contributed by atoms with Crippen molar-refractivity contribution in [1.82, 2.24) is 4.57 Å². The fraction of sp³-hybridized carbons (Fsp3) is 0.318. The quantitative estimate of drug-likeness (QED) is 0.691. The summed E-state index contributed by atoms with van der Waals surface area (Å²) in [5.74, 6) is 0.734. The third kappa shape index (κ3) is 3.35. The maximum Gasteiger partial charge on any atom is 0.258 e. The average Bonchev–Trinajstić information content (AvgIpc) is 3.42. The molecular formula is C22H21FN2O4S. The number of aromatic nitrogens is 1. The van der Waals surface area contributed by atoms with Crippen LogP contribution in [0.4, 0.5) is 10.1 Å². The molecule has 3 aromatic rings. The Hall–Kier alpha value is -2.87. The molecule has 1 fully saturated rings. The van der Waals surface area contributed by atoms with E-state index in [0.717, 1.165) is 24.7 Å². The number of nitrogens with one attached hydrogen (secondary N) is 1. The summed E-state index contributed by atoms with van der Waals surface area (Å²) in [6.45, 7) is 0. The molecule has 2 aromatic carbocycles. The van der Waals surface area contributed by atoms with Crippen LogP contribution in [0.3, 0.4) is 0 Å². The first kappa shape index (κ1) is 19.1. The predicted molar refractivity (Wildman–Crippen MR) is 114 cm³/mol. The first-order valence-corrected chi connectivity index (χ1v) is 11.7. The molecule has 0 amide bonds. The number of sulfonamides is 1. The summed E-state index contributed by atoms with van der Waals surface area (Å²) >= 11 is 0. The molecule has 156 valence electrons. The second-order valence-corrected chi connectivity index (χ2v) is 9.98. The highest BCUT2D eigenvalue weighted by molar-refractivity contribution is 7.92. The highest BCUT2D eigenvalue weighted by atomic mass is 32.2. The van der Waals surface area contributed by atoms with E-state index in [1.54, 1.807) is 25.4 Å². The van der Waals surface area contributed by atoms with Crippen LogP contribution in [0.15, 0.2) is 41.3 Å². The van der Waals surface area contributed by atoms with E-state index in [2.05, 4.69) is 4.72 Å². The van der Waals surface area contributed by atoms with E-state index >= 15 is 0 Å². The molecule has 1 aliphatic heterocycles. The normalized spacial score (nSPS) is 18.3. The number of hydrogen-bond donors (Lipinski definition) is 1. The lowest BCUT2D eigenvalue weighted by molar-refractivity contribution is 0.208. The van der Waals surface area contributed by atoms with Crippen LogP contribution in [-0.2, 0) is 23.5 Å². The van der Waals surface area contributed by atoms with Gasteiger partial charge in [0.1, 0.15) is 17.7 Å². The van der Waals surface area contributed by atoms with Crippen molar-refractivity contribution in [2.45, 2.75) is 25.4 Å². The van der Waals surface area contributed by atoms with Crippen molar-refractivity contribution in [1.29, 1.82) is 0 Å². The third-order valence-electron chi connectivity index (χ3n) is 5.74. The van der Waals surface area contributed by atoms with Gasteiger partial charge in [-0.3, -0.25) is 9.52 Å². The first-order valence-electron chi connectivity index (χ1n) is 9.80. The third-order valence-corrected chi connectivity index (χ3v) is 6.35. The standard InChI is InChI=1S/C22H21FN2O4S/c1-25-11-19(16-6-5-14(23)9-18(16)22(25)26)17-10-15(24-30(2,27)28)7-13-8-20(12-3-4-12)29-21(13)17/h5-7,9-12,20,24H,3-4,8H2,1-2H3. The molecule has 0 bridgehead atoms. The van der Waals surface area contributed by atoms with Gasteiger partial charge in [-0.1, -0.05) is 6.07 Å². The Morgan fingerprint density at radius 2 is 1.90 bits per heavy atom. The van der Waals surface area contributed by atoms with Gasteiger partial charge < -0.3 is 9.30 Å². The van der Waals surface area contributed by atoms with Crippen molar-refractivity contribution in [2.75, 3.05) is 11.0 Å². The van der Waals surface area contributed by atoms with E-state index in [-0.39, 0.29) is 17.0 Å². The average molecular weight is 428 g/mol. The van der Waals surface area contributed by atoms with Crippen LogP contribution in [0.1, 0.15) is 18.4 Å². The minimum atomic E-state index is -3.47. The molecule has 1 N–H and O–H groups in total. The maximum absolute atomic E-state index is 13.8. The number of anilines is 1. The SMILES string of the molecule is Cn1cc(-c2cc(NS(C)(=O)=O)cc3c2OC(C2CC2)C3)c2ccc(F)cc2c1=O. The molecule has 2 heterocycles. The molecule has 2 aliphatic rings. The molecule has 0 saturated heterocycles. The molecule has 5 rings (SSSR count). The van der Waals surface area contributed by atoms with Crippen LogP contribution in [0, 0.1) is 11.7 Å². The van der Waals surface area contributed by atoms with Gasteiger partial charge in [-0.25, -0.2) is 12.8 Å². The number of ether oxygens (including phenoxy) is 1. The highest BCUT2D eigenvalue weighted by Gasteiger charge is 2.38. The summed E-state index contributed by atoms with van der Waals surface area (Å²) < 4.78 is 47.8. The molecular weight excluding hydrogens is 407 g/mol. The van der Waals surface area contributed by atoms with Crippen LogP contribution >= 0.6 is 0 Å². The van der Waals surface area contributed by atoms with E-state index < -0.39 is 15.8 Å². The van der Waals surface area contributed by atoms with Gasteiger partial charge in [-0.05, 0) is 48.4 Å². The Balaban J connectivity index is 1.77. The summed E-state index contributed by atoms with van der Waals surface area (Å²) in [5, 5.41) is 0.860. The van der Waals surface area contributed by atoms with Crippen LogP contribution in [-0.4, -0.2) is 25.3 Å². The number of hydrogen-bond acceptors (Lipinski definition) is 4. The zero-order chi connectivity index (χ0) is 21.2. The lowest BCUT2D eigenvalue weighted by atomic mass is 9.96. The molecule has 8 heteroatoms. The Bertz CT molecular complexity index is 1360. The molecule has 1 aliphatic carbocycles. The topological polar surface area (TPSA) is 77.4 Å². The van der Waals surface area contributed by atoms with Gasteiger partial charge >= 0.3 is 0 Å². The highest BCUT2D eigenvalue weighted by Crippen LogP contribution is 2.47. The van der Waals surface area contributed by atoms with Gasteiger partial charge in [-0.2, -0.15) is 0 Å². The Morgan fingerprint density at radius 3 is 2.60 bits per heavy atom. The Labute approximate surface area is 173 Å². The van der Waals surface area contributed by atoms with Crippen molar-refractivity contribution in [3.05, 3.63) is 58.3 Å². The molecule has 0 radical (unpaired) electrons. The van der Waals surface area contributed by atoms with Gasteiger partial charge in [0.2, 0.25) is 10.0 Å². The molecule has 30 heavy (non-hydrogen) atoms. The lowest BCUT2D eigenvalue weighted by Gasteiger charge is -2.16. The number of benzene rings is 2. The number of fused-ring (bicyclic) bond motifs is 2. The molecule has 1 unspecified atom stereocenters. The summed E-state index contributed by atoms with van der Waals surface area (Å²) in [6, 6.07) is 7.66. The van der Waals surface area contributed by atoms with Crippen LogP contribution in [0.25, 0.3) is 21.9 Å². The van der Waals surface area contributed by atoms with E-state index in [4.69, 9.17) is 4.74 Å². The minimum Gasteiger partial charge on any atom is -0.489 e. The Kier molecular flexibility index (Phi) is 4.18. The Morgan fingerprint density at radius 1 is 1.13 bits per heavy atom. The van der Waals surface area contributed by atoms with Crippen molar-refractivity contribution in [2.24, 2.45) is 13.0 Å². The molecule has 0 spiro atoms. The van der Waals surface area contributed by atoms with Gasteiger partial charge in [0.05, 0.1) is 11.6 Å². The van der Waals surface area contributed by atoms with Gasteiger partial charge in [0.15, 0.2) is 0 Å². The molecule has 6 nitrogen and oxygen atoms in total. The predicted octanol–water partition coefficient (Wildman–Crippen LogP) is 3.43. The maximum atomic E-state index is 13.8. The van der Waals surface area contributed by atoms with Gasteiger partial charge in [0, 0.05) is 42.0 Å². The van der Waals surface area contributed by atoms with Gasteiger partial charge in [-0.15, -0.1) is 0 Å². The van der Waals surface area contributed by atoms with Gasteiger partial charge in [0.25, 0.3) is 5.56 Å². The zero-order valence-corrected chi connectivity index (χ0v) is 17.4. The molecule has 1 saturated carbocycles. The van der Waals surface area contributed by atoms with E-state index in [1.165, 1.54) is 16.7 Å². The van der Waals surface area contributed by atoms with E-state index in [0.29, 0.717) is 40.3 Å². The second kappa shape index (κ2) is 6.57. The van der Waals surface area contributed by atoms with Crippen molar-refractivity contribution in [3.8, 4) is 16.9 Å². The first-order chi connectivity index (χ1) is 14.2. The fourth-order valence-corrected chi connectivity index (χ4v) is 4.79. The number of nitrogens with zero attached hydrogens (tertiary/aromatic N) is 1. The number of pyridine rings is 1. The summed E-state index contributed by atoms with van der Waals surface area (Å²) in [5.41, 5.74) is 2.45. The number of aryl methyl sites for hydroxylation is 1. The summed E-state index contributed by atoms with van der Waals surface area (Å²) in [4.78, 5) is 12.6. The number of rotatable bonds is 4. The fourth-order valence-electron chi connectivity index (χ4n) is 4.25. The van der Waals surface area contributed by atoms with E-state index in [9.17, 15) is 17.6 Å². The number of halogens is 1.